The van der Waals surface area contributed by atoms with Crippen molar-refractivity contribution in [3.05, 3.63) is 34.9 Å². The molecule has 0 amide bonds. The average molecular weight is 305 g/mol. The topological polar surface area (TPSA) is 64.3 Å². The van der Waals surface area contributed by atoms with E-state index >= 15 is 0 Å². The number of hydrogen-bond donors (Lipinski definition) is 1. The van der Waals surface area contributed by atoms with Crippen molar-refractivity contribution in [3.8, 4) is 0 Å². The van der Waals surface area contributed by atoms with E-state index in [9.17, 15) is 4.79 Å². The molecule has 16 heavy (non-hydrogen) atoms. The number of aliphatic carboxylic acids is 1. The summed E-state index contributed by atoms with van der Waals surface area (Å²) in [7, 11) is 0. The van der Waals surface area contributed by atoms with Crippen molar-refractivity contribution in [3.63, 3.8) is 0 Å². The van der Waals surface area contributed by atoms with Gasteiger partial charge >= 0.3 is 0 Å². The first-order valence-corrected chi connectivity index (χ1v) is 4.89. The van der Waals surface area contributed by atoms with Crippen LogP contribution in [0.25, 0.3) is 5.32 Å². The van der Waals surface area contributed by atoms with Crippen molar-refractivity contribution in [1.82, 2.24) is 4.98 Å². The molecule has 0 saturated heterocycles. The zero-order valence-corrected chi connectivity index (χ0v) is 11.2. The monoisotopic (exact) mass is 304 g/mol. The summed E-state index contributed by atoms with van der Waals surface area (Å²) in [5.41, 5.74) is 2.02. The molecule has 4 nitrogen and oxygen atoms in total. The van der Waals surface area contributed by atoms with Gasteiger partial charge in [0.15, 0.2) is 0 Å². The number of carboxylic acid groups (broad SMARTS) is 1. The molecule has 0 aliphatic rings. The molecule has 1 aromatic heterocycles. The van der Waals surface area contributed by atoms with Crippen LogP contribution in [0.1, 0.15) is 31.0 Å². The van der Waals surface area contributed by atoms with Gasteiger partial charge in [-0.15, -0.1) is 6.54 Å². The van der Waals surface area contributed by atoms with Crippen LogP contribution in [0.4, 0.5) is 0 Å². The molecule has 1 rings (SSSR count). The van der Waals surface area contributed by atoms with Crippen LogP contribution in [0.3, 0.4) is 0 Å². The number of rotatable bonds is 5. The SMILES string of the molecule is CC(C)c1ccnc(C[N-]CC(=O)O)c1.[Tc]. The molecule has 1 aromatic rings. The predicted octanol–water partition coefficient (Wildman–Crippen LogP) is 2.16. The van der Waals surface area contributed by atoms with Crippen LogP contribution >= 0.6 is 0 Å². The van der Waals surface area contributed by atoms with Crippen LogP contribution in [0, 0.1) is 0 Å². The molecule has 1 N–H and O–H groups in total. The minimum absolute atomic E-state index is 0. The smallest absolute Gasteiger partial charge is 0.282 e. The van der Waals surface area contributed by atoms with Crippen molar-refractivity contribution < 1.29 is 30.0 Å². The van der Waals surface area contributed by atoms with Gasteiger partial charge < -0.3 is 10.4 Å². The summed E-state index contributed by atoms with van der Waals surface area (Å²) in [5.74, 6) is -0.457. The van der Waals surface area contributed by atoms with Gasteiger partial charge in [-0.25, -0.2) is 0 Å². The first-order chi connectivity index (χ1) is 7.09. The largest absolute Gasteiger partial charge is 0.648 e. The van der Waals surface area contributed by atoms with Gasteiger partial charge in [0.1, 0.15) is 0 Å². The van der Waals surface area contributed by atoms with Gasteiger partial charge in [-0.2, -0.15) is 0 Å². The Morgan fingerprint density at radius 2 is 2.25 bits per heavy atom. The Labute approximate surface area is 109 Å². The van der Waals surface area contributed by atoms with Gasteiger partial charge in [0.05, 0.1) is 0 Å². The second-order valence-corrected chi connectivity index (χ2v) is 3.67. The summed E-state index contributed by atoms with van der Waals surface area (Å²) in [6.45, 7) is 4.42. The molecular formula is C11H15N2O2Tc-. The van der Waals surface area contributed by atoms with Crippen molar-refractivity contribution in [2.24, 2.45) is 0 Å². The van der Waals surface area contributed by atoms with E-state index in [0.717, 1.165) is 5.69 Å². The molecule has 5 heteroatoms. The van der Waals surface area contributed by atoms with Crippen LogP contribution in [-0.4, -0.2) is 22.6 Å². The molecule has 0 aliphatic heterocycles. The molecule has 89 valence electrons. The number of hydrogen-bond acceptors (Lipinski definition) is 2. The van der Waals surface area contributed by atoms with E-state index in [1.165, 1.54) is 5.56 Å². The number of pyridine rings is 1. The molecule has 0 saturated carbocycles. The summed E-state index contributed by atoms with van der Waals surface area (Å²) < 4.78 is 0. The standard InChI is InChI=1S/C11H15N2O2.Tc/c1-8(2)9-3-4-13-10(5-9)6-12-7-11(14)15;/h3-5,8H,6-7H2,1-2H3,(H,14,15);/q-1;. The van der Waals surface area contributed by atoms with E-state index in [2.05, 4.69) is 24.1 Å². The molecular weight excluding hydrogens is 290 g/mol. The Morgan fingerprint density at radius 3 is 2.81 bits per heavy atom. The maximum atomic E-state index is 10.3. The molecule has 0 bridgehead atoms. The third-order valence-corrected chi connectivity index (χ3v) is 2.03. The van der Waals surface area contributed by atoms with Crippen molar-refractivity contribution in [1.29, 1.82) is 0 Å². The Balaban J connectivity index is 0.00000225. The van der Waals surface area contributed by atoms with E-state index in [4.69, 9.17) is 5.11 Å². The van der Waals surface area contributed by atoms with E-state index < -0.39 is 5.97 Å². The summed E-state index contributed by atoms with van der Waals surface area (Å²) in [5, 5.41) is 12.3. The van der Waals surface area contributed by atoms with Gasteiger partial charge in [-0.3, -0.25) is 9.78 Å². The first kappa shape index (κ1) is 15.2. The predicted molar refractivity (Wildman–Crippen MR) is 57.9 cm³/mol. The Hall–Kier alpha value is -0.771. The summed E-state index contributed by atoms with van der Waals surface area (Å²) in [4.78, 5) is 14.4. The van der Waals surface area contributed by atoms with Gasteiger partial charge in [0.2, 0.25) is 0 Å². The minimum Gasteiger partial charge on any atom is -0.648 e. The Kier molecular flexibility index (Phi) is 7.13. The minimum atomic E-state index is -0.907. The summed E-state index contributed by atoms with van der Waals surface area (Å²) >= 11 is 0. The fourth-order valence-corrected chi connectivity index (χ4v) is 1.21. The van der Waals surface area contributed by atoms with E-state index in [0.29, 0.717) is 12.5 Å². The number of aromatic nitrogens is 1. The van der Waals surface area contributed by atoms with Crippen molar-refractivity contribution >= 4 is 5.97 Å². The van der Waals surface area contributed by atoms with Crippen LogP contribution in [0.5, 0.6) is 0 Å². The van der Waals surface area contributed by atoms with Crippen LogP contribution < -0.4 is 0 Å². The molecule has 1 heterocycles. The van der Waals surface area contributed by atoms with E-state index in [-0.39, 0.29) is 26.7 Å². The second-order valence-electron chi connectivity index (χ2n) is 3.67. The molecule has 0 spiro atoms. The summed E-state index contributed by atoms with van der Waals surface area (Å²) in [6.07, 6.45) is 1.74. The van der Waals surface area contributed by atoms with Crippen molar-refractivity contribution in [2.75, 3.05) is 6.54 Å². The zero-order valence-electron chi connectivity index (χ0n) is 9.35. The number of carboxylic acids is 1. The Morgan fingerprint density at radius 1 is 1.56 bits per heavy atom. The zero-order chi connectivity index (χ0) is 11.3. The Bertz CT molecular complexity index is 343. The van der Waals surface area contributed by atoms with Gasteiger partial charge in [-0.05, 0) is 30.2 Å². The van der Waals surface area contributed by atoms with Crippen molar-refractivity contribution in [2.45, 2.75) is 26.3 Å². The third kappa shape index (κ3) is 5.35. The van der Waals surface area contributed by atoms with Gasteiger partial charge in [-0.1, -0.05) is 13.8 Å². The third-order valence-electron chi connectivity index (χ3n) is 2.03. The summed E-state index contributed by atoms with van der Waals surface area (Å²) in [6, 6.07) is 3.93. The second kappa shape index (κ2) is 7.49. The van der Waals surface area contributed by atoms with Crippen LogP contribution in [0.2, 0.25) is 0 Å². The molecule has 0 aliphatic carbocycles. The van der Waals surface area contributed by atoms with Crippen LogP contribution in [-0.2, 0) is 31.4 Å². The number of nitrogens with zero attached hydrogens (tertiary/aromatic N) is 2. The maximum absolute atomic E-state index is 10.3. The number of carbonyl (C=O) groups is 1. The van der Waals surface area contributed by atoms with E-state index in [1.54, 1.807) is 6.20 Å². The van der Waals surface area contributed by atoms with Gasteiger partial charge in [0, 0.05) is 32.0 Å². The molecule has 1 radical (unpaired) electrons. The van der Waals surface area contributed by atoms with E-state index in [1.807, 2.05) is 12.1 Å². The quantitative estimate of drug-likeness (QED) is 0.906. The normalized spacial score (nSPS) is 9.94. The molecule has 0 unspecified atom stereocenters. The van der Waals surface area contributed by atoms with Crippen LogP contribution in [0.15, 0.2) is 18.3 Å². The molecule has 0 fully saturated rings. The maximum Gasteiger partial charge on any atom is 0.282 e. The fraction of sp³-hybridized carbons (Fsp3) is 0.455. The molecule has 0 aromatic carbocycles. The van der Waals surface area contributed by atoms with Gasteiger partial charge in [0.25, 0.3) is 5.97 Å². The fourth-order valence-electron chi connectivity index (χ4n) is 1.21. The average Bonchev–Trinajstić information content (AvgIpc) is 2.17. The molecule has 0 atom stereocenters. The first-order valence-electron chi connectivity index (χ1n) is 4.89.